The van der Waals surface area contributed by atoms with Crippen molar-refractivity contribution in [1.29, 1.82) is 0 Å². The van der Waals surface area contributed by atoms with Crippen molar-refractivity contribution in [2.45, 2.75) is 0 Å². The van der Waals surface area contributed by atoms with Crippen LogP contribution in [-0.4, -0.2) is 32.3 Å². The summed E-state index contributed by atoms with van der Waals surface area (Å²) in [6, 6.07) is 6.04. The number of ether oxygens (including phenoxy) is 1. The van der Waals surface area contributed by atoms with Crippen LogP contribution in [0.5, 0.6) is 11.6 Å². The molecule has 0 saturated carbocycles. The number of hydrogen-bond donors (Lipinski definition) is 1. The molecule has 1 N–H and O–H groups in total. The summed E-state index contributed by atoms with van der Waals surface area (Å²) in [5.41, 5.74) is 0.893. The van der Waals surface area contributed by atoms with Gasteiger partial charge in [0.05, 0.1) is 17.7 Å². The second kappa shape index (κ2) is 5.37. The molecule has 0 unspecified atom stereocenters. The molecular formula is C13H9ClN4O3. The number of benzene rings is 1. The lowest BCUT2D eigenvalue weighted by atomic mass is 10.2. The molecule has 2 aromatic heterocycles. The molecule has 0 aliphatic rings. The molecular weight excluding hydrogens is 296 g/mol. The lowest BCUT2D eigenvalue weighted by Crippen LogP contribution is -1.91. The van der Waals surface area contributed by atoms with Crippen LogP contribution in [0.3, 0.4) is 0 Å². The van der Waals surface area contributed by atoms with Crippen LogP contribution in [0.25, 0.3) is 23.0 Å². The molecule has 0 saturated heterocycles. The van der Waals surface area contributed by atoms with Gasteiger partial charge in [-0.05, 0) is 18.2 Å². The van der Waals surface area contributed by atoms with Crippen LogP contribution in [0.2, 0.25) is 5.02 Å². The summed E-state index contributed by atoms with van der Waals surface area (Å²) in [5, 5.41) is 13.7. The first-order chi connectivity index (χ1) is 10.2. The molecule has 8 heteroatoms. The van der Waals surface area contributed by atoms with Crippen LogP contribution in [0.4, 0.5) is 0 Å². The highest BCUT2D eigenvalue weighted by Gasteiger charge is 2.15. The van der Waals surface area contributed by atoms with Gasteiger partial charge in [-0.3, -0.25) is 0 Å². The maximum Gasteiger partial charge on any atom is 0.259 e. The zero-order valence-corrected chi connectivity index (χ0v) is 11.6. The topological polar surface area (TPSA) is 94.2 Å². The van der Waals surface area contributed by atoms with E-state index in [0.29, 0.717) is 22.2 Å². The number of hydrogen-bond acceptors (Lipinski definition) is 7. The van der Waals surface area contributed by atoms with E-state index in [1.807, 2.05) is 0 Å². The Morgan fingerprint density at radius 3 is 2.90 bits per heavy atom. The number of halogens is 1. The first-order valence-electron chi connectivity index (χ1n) is 5.86. The summed E-state index contributed by atoms with van der Waals surface area (Å²) in [5.74, 6) is 0.896. The lowest BCUT2D eigenvalue weighted by molar-refractivity contribution is 0.397. The summed E-state index contributed by atoms with van der Waals surface area (Å²) >= 11 is 6.05. The van der Waals surface area contributed by atoms with Crippen LogP contribution in [-0.2, 0) is 0 Å². The zero-order chi connectivity index (χ0) is 14.8. The van der Waals surface area contributed by atoms with Crippen molar-refractivity contribution in [2.24, 2.45) is 0 Å². The van der Waals surface area contributed by atoms with Gasteiger partial charge in [-0.1, -0.05) is 16.8 Å². The zero-order valence-electron chi connectivity index (χ0n) is 10.8. The van der Waals surface area contributed by atoms with Crippen molar-refractivity contribution < 1.29 is 14.4 Å². The summed E-state index contributed by atoms with van der Waals surface area (Å²) < 4.78 is 10.2. The van der Waals surface area contributed by atoms with Gasteiger partial charge in [-0.25, -0.2) is 9.97 Å². The second-order valence-electron chi connectivity index (χ2n) is 4.03. The first kappa shape index (κ1) is 13.3. The number of methoxy groups -OCH3 is 1. The van der Waals surface area contributed by atoms with E-state index < -0.39 is 0 Å². The fourth-order valence-corrected chi connectivity index (χ4v) is 1.89. The quantitative estimate of drug-likeness (QED) is 0.794. The third kappa shape index (κ3) is 2.63. The molecule has 0 atom stereocenters. The van der Waals surface area contributed by atoms with E-state index >= 15 is 0 Å². The molecule has 0 radical (unpaired) electrons. The van der Waals surface area contributed by atoms with E-state index in [4.69, 9.17) is 20.9 Å². The normalized spacial score (nSPS) is 10.6. The SMILES string of the molecule is COc1cc(-c2noc(-c3cc(O)ccc3Cl)n2)ncn1. The number of phenols is 1. The van der Waals surface area contributed by atoms with Gasteiger partial charge in [-0.2, -0.15) is 4.98 Å². The molecule has 3 aromatic rings. The largest absolute Gasteiger partial charge is 0.508 e. The minimum absolute atomic E-state index is 0.0536. The standard InChI is InChI=1S/C13H9ClN4O3/c1-20-11-5-10(15-6-16-11)12-17-13(21-18-12)8-4-7(19)2-3-9(8)14/h2-6,19H,1H3. The first-order valence-corrected chi connectivity index (χ1v) is 6.24. The molecule has 3 rings (SSSR count). The number of phenolic OH excluding ortho intramolecular Hbond substituents is 1. The van der Waals surface area contributed by atoms with Crippen molar-refractivity contribution in [3.63, 3.8) is 0 Å². The third-order valence-electron chi connectivity index (χ3n) is 2.69. The number of nitrogens with zero attached hydrogens (tertiary/aromatic N) is 4. The Balaban J connectivity index is 2.01. The smallest absolute Gasteiger partial charge is 0.259 e. The van der Waals surface area contributed by atoms with Crippen LogP contribution in [0.15, 0.2) is 35.1 Å². The van der Waals surface area contributed by atoms with Crippen LogP contribution >= 0.6 is 11.6 Å². The van der Waals surface area contributed by atoms with Crippen LogP contribution < -0.4 is 4.74 Å². The molecule has 0 amide bonds. The summed E-state index contributed by atoms with van der Waals surface area (Å²) in [6.07, 6.45) is 1.34. The Labute approximate surface area is 124 Å². The van der Waals surface area contributed by atoms with Gasteiger partial charge in [-0.15, -0.1) is 0 Å². The van der Waals surface area contributed by atoms with Gasteiger partial charge < -0.3 is 14.4 Å². The highest BCUT2D eigenvalue weighted by molar-refractivity contribution is 6.33. The number of rotatable bonds is 3. The Bertz CT molecular complexity index is 791. The fraction of sp³-hybridized carbons (Fsp3) is 0.0769. The van der Waals surface area contributed by atoms with Crippen molar-refractivity contribution in [2.75, 3.05) is 7.11 Å². The molecule has 0 spiro atoms. The summed E-state index contributed by atoms with van der Waals surface area (Å²) in [7, 11) is 1.50. The van der Waals surface area contributed by atoms with Gasteiger partial charge in [0.25, 0.3) is 5.89 Å². The molecule has 0 aliphatic heterocycles. The molecule has 0 aliphatic carbocycles. The fourth-order valence-electron chi connectivity index (χ4n) is 1.69. The van der Waals surface area contributed by atoms with Crippen molar-refractivity contribution in [1.82, 2.24) is 20.1 Å². The van der Waals surface area contributed by atoms with E-state index in [0.717, 1.165) is 0 Å². The molecule has 0 bridgehead atoms. The highest BCUT2D eigenvalue weighted by Crippen LogP contribution is 2.31. The average molecular weight is 305 g/mol. The molecule has 21 heavy (non-hydrogen) atoms. The second-order valence-corrected chi connectivity index (χ2v) is 4.44. The Kier molecular flexibility index (Phi) is 3.41. The maximum atomic E-state index is 9.51. The van der Waals surface area contributed by atoms with Gasteiger partial charge in [0.2, 0.25) is 11.7 Å². The van der Waals surface area contributed by atoms with Crippen LogP contribution in [0.1, 0.15) is 0 Å². The van der Waals surface area contributed by atoms with E-state index in [1.165, 1.54) is 25.6 Å². The Morgan fingerprint density at radius 1 is 1.24 bits per heavy atom. The Hall–Kier alpha value is -2.67. The summed E-state index contributed by atoms with van der Waals surface area (Å²) in [4.78, 5) is 12.2. The minimum atomic E-state index is 0.0536. The van der Waals surface area contributed by atoms with E-state index in [9.17, 15) is 5.11 Å². The van der Waals surface area contributed by atoms with Crippen molar-refractivity contribution in [3.05, 3.63) is 35.6 Å². The predicted molar refractivity (Wildman–Crippen MR) is 74.0 cm³/mol. The van der Waals surface area contributed by atoms with Crippen molar-refractivity contribution >= 4 is 11.6 Å². The van der Waals surface area contributed by atoms with Gasteiger partial charge in [0.15, 0.2) is 0 Å². The molecule has 106 valence electrons. The minimum Gasteiger partial charge on any atom is -0.508 e. The number of aromatic hydroxyl groups is 1. The molecule has 7 nitrogen and oxygen atoms in total. The van der Waals surface area contributed by atoms with Gasteiger partial charge in [0.1, 0.15) is 17.8 Å². The van der Waals surface area contributed by atoms with E-state index in [2.05, 4.69) is 20.1 Å². The summed E-state index contributed by atoms with van der Waals surface area (Å²) in [6.45, 7) is 0. The van der Waals surface area contributed by atoms with E-state index in [1.54, 1.807) is 12.1 Å². The monoisotopic (exact) mass is 304 g/mol. The highest BCUT2D eigenvalue weighted by atomic mass is 35.5. The van der Waals surface area contributed by atoms with Crippen LogP contribution in [0, 0.1) is 0 Å². The molecule has 0 fully saturated rings. The average Bonchev–Trinajstić information content (AvgIpc) is 2.99. The third-order valence-corrected chi connectivity index (χ3v) is 3.02. The Morgan fingerprint density at radius 2 is 2.10 bits per heavy atom. The maximum absolute atomic E-state index is 9.51. The molecule has 1 aromatic carbocycles. The number of aromatic nitrogens is 4. The van der Waals surface area contributed by atoms with Gasteiger partial charge in [0, 0.05) is 6.07 Å². The van der Waals surface area contributed by atoms with Gasteiger partial charge >= 0.3 is 0 Å². The van der Waals surface area contributed by atoms with E-state index in [-0.39, 0.29) is 17.5 Å². The van der Waals surface area contributed by atoms with Crippen molar-refractivity contribution in [3.8, 4) is 34.6 Å². The molecule has 2 heterocycles. The lowest BCUT2D eigenvalue weighted by Gasteiger charge is -1.99. The predicted octanol–water partition coefficient (Wildman–Crippen LogP) is 2.56.